The molecule has 0 aliphatic rings. The zero-order valence-corrected chi connectivity index (χ0v) is 23.3. The van der Waals surface area contributed by atoms with E-state index in [0.717, 1.165) is 45.2 Å². The number of halogens is 4. The molecule has 0 spiro atoms. The number of carbonyl (C=O) groups excluding carboxylic acids is 2. The summed E-state index contributed by atoms with van der Waals surface area (Å²) in [5, 5.41) is 2.78. The Balaban J connectivity index is 2.19. The maximum atomic E-state index is 13.2. The van der Waals surface area contributed by atoms with Crippen molar-refractivity contribution >= 4 is 43.5 Å². The van der Waals surface area contributed by atoms with Crippen LogP contribution in [-0.4, -0.2) is 50.5 Å². The number of anilines is 1. The molecule has 2 rings (SSSR count). The quantitative estimate of drug-likeness (QED) is 0.370. The number of rotatable bonds is 12. The van der Waals surface area contributed by atoms with E-state index >= 15 is 0 Å². The van der Waals surface area contributed by atoms with E-state index in [-0.39, 0.29) is 43.4 Å². The summed E-state index contributed by atoms with van der Waals surface area (Å²) in [5.41, 5.74) is -0.306. The highest BCUT2D eigenvalue weighted by Gasteiger charge is 2.32. The number of amides is 2. The summed E-state index contributed by atoms with van der Waals surface area (Å²) in [6, 6.07) is 10.5. The van der Waals surface area contributed by atoms with Crippen molar-refractivity contribution in [3.05, 3.63) is 64.1 Å². The van der Waals surface area contributed by atoms with Crippen molar-refractivity contribution in [2.45, 2.75) is 51.9 Å². The number of alkyl halides is 3. The molecular weight excluding hydrogens is 575 g/mol. The first-order valence-electron chi connectivity index (χ1n) is 11.7. The summed E-state index contributed by atoms with van der Waals surface area (Å²) in [5.74, 6) is -0.686. The summed E-state index contributed by atoms with van der Waals surface area (Å²) < 4.78 is 65.9. The molecule has 0 aliphatic heterocycles. The first-order chi connectivity index (χ1) is 17.2. The van der Waals surface area contributed by atoms with Gasteiger partial charge in [-0.25, -0.2) is 8.42 Å². The minimum atomic E-state index is -4.63. The molecule has 2 aromatic rings. The lowest BCUT2D eigenvalue weighted by atomic mass is 10.1. The standard InChI is InChI=1S/C25H31BrF3N3O4S/c1-4-14-30-24(34)18(2)31(17-19-10-12-21(26)13-11-19)23(33)9-6-15-32(37(3,35)36)22-8-5-7-20(16-22)25(27,28)29/h5,7-8,10-13,16,18H,4,6,9,14-15,17H2,1-3H3,(H,30,34)/t18-/m1/s1. The van der Waals surface area contributed by atoms with Crippen LogP contribution in [0.1, 0.15) is 44.2 Å². The molecule has 0 bridgehead atoms. The molecule has 0 unspecified atom stereocenters. The molecular formula is C25H31BrF3N3O4S. The van der Waals surface area contributed by atoms with Crippen LogP contribution in [0.15, 0.2) is 53.0 Å². The molecule has 204 valence electrons. The van der Waals surface area contributed by atoms with E-state index < -0.39 is 27.8 Å². The highest BCUT2D eigenvalue weighted by Crippen LogP contribution is 2.32. The lowest BCUT2D eigenvalue weighted by Gasteiger charge is -2.29. The SMILES string of the molecule is CCCNC(=O)[C@@H](C)N(Cc1ccc(Br)cc1)C(=O)CCCN(c1cccc(C(F)(F)F)c1)S(C)(=O)=O. The summed E-state index contributed by atoms with van der Waals surface area (Å²) in [6.07, 6.45) is -3.06. The molecule has 37 heavy (non-hydrogen) atoms. The highest BCUT2D eigenvalue weighted by atomic mass is 79.9. The van der Waals surface area contributed by atoms with Crippen LogP contribution in [0.5, 0.6) is 0 Å². The number of sulfonamides is 1. The Morgan fingerprint density at radius 1 is 1.11 bits per heavy atom. The summed E-state index contributed by atoms with van der Waals surface area (Å²) in [4.78, 5) is 27.2. The molecule has 7 nitrogen and oxygen atoms in total. The Labute approximate surface area is 224 Å². The van der Waals surface area contributed by atoms with Gasteiger partial charge in [0.15, 0.2) is 0 Å². The third-order valence-corrected chi connectivity index (χ3v) is 7.32. The van der Waals surface area contributed by atoms with Crippen LogP contribution in [0.4, 0.5) is 18.9 Å². The maximum absolute atomic E-state index is 13.2. The predicted molar refractivity (Wildman–Crippen MR) is 140 cm³/mol. The number of carbonyl (C=O) groups is 2. The summed E-state index contributed by atoms with van der Waals surface area (Å²) in [6.45, 7) is 3.95. The van der Waals surface area contributed by atoms with Gasteiger partial charge in [0, 0.05) is 30.5 Å². The van der Waals surface area contributed by atoms with Gasteiger partial charge in [-0.3, -0.25) is 13.9 Å². The maximum Gasteiger partial charge on any atom is 0.416 e. The van der Waals surface area contributed by atoms with Gasteiger partial charge >= 0.3 is 6.18 Å². The normalized spacial score (nSPS) is 12.6. The van der Waals surface area contributed by atoms with Gasteiger partial charge < -0.3 is 10.2 Å². The second kappa shape index (κ2) is 13.3. The molecule has 0 saturated carbocycles. The Hall–Kier alpha value is -2.60. The van der Waals surface area contributed by atoms with Crippen molar-refractivity contribution in [3.8, 4) is 0 Å². The minimum absolute atomic E-state index is 0.0439. The van der Waals surface area contributed by atoms with Crippen LogP contribution in [0.2, 0.25) is 0 Å². The van der Waals surface area contributed by atoms with Gasteiger partial charge in [-0.2, -0.15) is 13.2 Å². The fraction of sp³-hybridized carbons (Fsp3) is 0.440. The molecule has 0 saturated heterocycles. The van der Waals surface area contributed by atoms with Gasteiger partial charge in [-0.05, 0) is 55.7 Å². The smallest absolute Gasteiger partial charge is 0.354 e. The Bertz CT molecular complexity index is 1170. The van der Waals surface area contributed by atoms with Crippen LogP contribution < -0.4 is 9.62 Å². The van der Waals surface area contributed by atoms with Gasteiger partial charge in [-0.1, -0.05) is 41.1 Å². The molecule has 0 aromatic heterocycles. The van der Waals surface area contributed by atoms with E-state index in [2.05, 4.69) is 21.2 Å². The zero-order valence-electron chi connectivity index (χ0n) is 20.9. The van der Waals surface area contributed by atoms with Crippen molar-refractivity contribution in [2.24, 2.45) is 0 Å². The highest BCUT2D eigenvalue weighted by molar-refractivity contribution is 9.10. The number of nitrogens with zero attached hydrogens (tertiary/aromatic N) is 2. The summed E-state index contributed by atoms with van der Waals surface area (Å²) in [7, 11) is -3.92. The largest absolute Gasteiger partial charge is 0.416 e. The first-order valence-corrected chi connectivity index (χ1v) is 14.3. The minimum Gasteiger partial charge on any atom is -0.354 e. The van der Waals surface area contributed by atoms with Crippen LogP contribution in [0.3, 0.4) is 0 Å². The van der Waals surface area contributed by atoms with Gasteiger partial charge in [-0.15, -0.1) is 0 Å². The van der Waals surface area contributed by atoms with Crippen molar-refractivity contribution in [3.63, 3.8) is 0 Å². The average molecular weight is 607 g/mol. The second-order valence-electron chi connectivity index (χ2n) is 8.60. The fourth-order valence-corrected chi connectivity index (χ4v) is 4.83. The van der Waals surface area contributed by atoms with Crippen LogP contribution in [-0.2, 0) is 32.3 Å². The number of benzene rings is 2. The van der Waals surface area contributed by atoms with Crippen molar-refractivity contribution in [2.75, 3.05) is 23.7 Å². The molecule has 12 heteroatoms. The predicted octanol–water partition coefficient (Wildman–Crippen LogP) is 4.96. The van der Waals surface area contributed by atoms with Crippen molar-refractivity contribution in [1.82, 2.24) is 10.2 Å². The van der Waals surface area contributed by atoms with Gasteiger partial charge in [0.05, 0.1) is 17.5 Å². The lowest BCUT2D eigenvalue weighted by Crippen LogP contribution is -2.47. The van der Waals surface area contributed by atoms with Crippen LogP contribution in [0, 0.1) is 0 Å². The first kappa shape index (κ1) is 30.6. The van der Waals surface area contributed by atoms with Crippen LogP contribution in [0.25, 0.3) is 0 Å². The Morgan fingerprint density at radius 3 is 2.32 bits per heavy atom. The van der Waals surface area contributed by atoms with Gasteiger partial charge in [0.25, 0.3) is 0 Å². The molecule has 1 N–H and O–H groups in total. The van der Waals surface area contributed by atoms with Crippen LogP contribution >= 0.6 is 15.9 Å². The molecule has 0 fully saturated rings. The Kier molecular flexibility index (Phi) is 11.0. The van der Waals surface area contributed by atoms with E-state index in [1.54, 1.807) is 6.92 Å². The number of hydrogen-bond acceptors (Lipinski definition) is 4. The van der Waals surface area contributed by atoms with E-state index in [4.69, 9.17) is 0 Å². The molecule has 0 heterocycles. The molecule has 2 aromatic carbocycles. The zero-order chi connectivity index (χ0) is 27.8. The summed E-state index contributed by atoms with van der Waals surface area (Å²) >= 11 is 3.36. The monoisotopic (exact) mass is 605 g/mol. The van der Waals surface area contributed by atoms with E-state index in [1.165, 1.54) is 11.0 Å². The fourth-order valence-electron chi connectivity index (χ4n) is 3.61. The van der Waals surface area contributed by atoms with Crippen molar-refractivity contribution < 1.29 is 31.2 Å². The third-order valence-electron chi connectivity index (χ3n) is 5.60. The lowest BCUT2D eigenvalue weighted by molar-refractivity contribution is -0.140. The molecule has 0 radical (unpaired) electrons. The number of nitrogens with one attached hydrogen (secondary N) is 1. The third kappa shape index (κ3) is 9.33. The number of hydrogen-bond donors (Lipinski definition) is 1. The van der Waals surface area contributed by atoms with Crippen molar-refractivity contribution in [1.29, 1.82) is 0 Å². The molecule has 1 atom stereocenters. The molecule has 2 amide bonds. The Morgan fingerprint density at radius 2 is 1.76 bits per heavy atom. The topological polar surface area (TPSA) is 86.8 Å². The van der Waals surface area contributed by atoms with E-state index in [1.807, 2.05) is 31.2 Å². The van der Waals surface area contributed by atoms with E-state index in [9.17, 15) is 31.2 Å². The molecule has 0 aliphatic carbocycles. The second-order valence-corrected chi connectivity index (χ2v) is 11.4. The van der Waals surface area contributed by atoms with Gasteiger partial charge in [0.2, 0.25) is 21.8 Å². The average Bonchev–Trinajstić information content (AvgIpc) is 2.83. The van der Waals surface area contributed by atoms with Gasteiger partial charge in [0.1, 0.15) is 6.04 Å². The van der Waals surface area contributed by atoms with E-state index in [0.29, 0.717) is 6.54 Å².